The van der Waals surface area contributed by atoms with Crippen LogP contribution in [0.3, 0.4) is 0 Å². The molecule has 0 spiro atoms. The Morgan fingerprint density at radius 1 is 0.214 bits per heavy atom. The standard InChI is InChI=1S/C27H36F2.C26H34F2.C25H32F2/c1-2-3-4-5-6-7-8-9-10-11-12-23-13-18-25(19-14-23)26-20-15-24(16-21-26)17-22-27(28)29;1-2-3-4-5-6-7-8-9-10-11-22-12-17-24(18-13-22)25-19-14-23(15-20-25)16-21-26(27)28;1-2-3-4-5-6-7-8-9-10-21-11-16-23(17-12-21)24-18-13-22(14-19-24)15-20-25(26)27/h13-16,18-22H,2-12,17H2,1H3;12-15,17-21H,2-11,16H2,1H3;11-14,16-20H,2-10,15H2,1H3. The maximum atomic E-state index is 12.2. The lowest BCUT2D eigenvalue weighted by atomic mass is 9.99. The van der Waals surface area contributed by atoms with Gasteiger partial charge in [-0.25, -0.2) is 0 Å². The van der Waals surface area contributed by atoms with Crippen molar-refractivity contribution >= 4 is 0 Å². The van der Waals surface area contributed by atoms with Gasteiger partial charge in [0, 0.05) is 0 Å². The molecule has 0 aromatic heterocycles. The van der Waals surface area contributed by atoms with Gasteiger partial charge in [0.1, 0.15) is 0 Å². The third-order valence-electron chi connectivity index (χ3n) is 15.9. The minimum atomic E-state index is -1.62. The average Bonchev–Trinajstić information content (AvgIpc) is 3.72. The van der Waals surface area contributed by atoms with Crippen molar-refractivity contribution in [1.82, 2.24) is 0 Å². The lowest BCUT2D eigenvalue weighted by molar-refractivity contribution is 0.418. The van der Waals surface area contributed by atoms with Crippen LogP contribution in [0.15, 0.2) is 182 Å². The molecular formula is C78H102F6. The molecule has 0 heterocycles. The number of allylic oxidation sites excluding steroid dienone is 3. The highest BCUT2D eigenvalue weighted by Gasteiger charge is 2.05. The van der Waals surface area contributed by atoms with Crippen molar-refractivity contribution in [2.45, 2.75) is 233 Å². The number of rotatable bonds is 39. The first-order valence-corrected chi connectivity index (χ1v) is 32.6. The summed E-state index contributed by atoms with van der Waals surface area (Å²) >= 11 is 0. The molecule has 6 rings (SSSR count). The fraction of sp³-hybridized carbons (Fsp3) is 0.462. The van der Waals surface area contributed by atoms with E-state index in [2.05, 4.69) is 93.6 Å². The maximum absolute atomic E-state index is 12.2. The lowest BCUT2D eigenvalue weighted by Gasteiger charge is -2.06. The minimum absolute atomic E-state index is 0.278. The van der Waals surface area contributed by atoms with Gasteiger partial charge < -0.3 is 0 Å². The lowest BCUT2D eigenvalue weighted by Crippen LogP contribution is -1.88. The van der Waals surface area contributed by atoms with Crippen molar-refractivity contribution in [2.24, 2.45) is 0 Å². The van der Waals surface area contributed by atoms with Gasteiger partial charge in [-0.2, -0.15) is 26.3 Å². The minimum Gasteiger partial charge on any atom is -0.174 e. The van der Waals surface area contributed by atoms with E-state index in [9.17, 15) is 26.3 Å². The third kappa shape index (κ3) is 33.0. The predicted octanol–water partition coefficient (Wildman–Crippen LogP) is 26.2. The smallest absolute Gasteiger partial charge is 0.174 e. The molecule has 456 valence electrons. The van der Waals surface area contributed by atoms with Gasteiger partial charge in [-0.1, -0.05) is 320 Å². The van der Waals surface area contributed by atoms with Gasteiger partial charge in [-0.3, -0.25) is 0 Å². The molecule has 0 unspecified atom stereocenters. The molecule has 0 radical (unpaired) electrons. The number of hydrogen-bond donors (Lipinski definition) is 0. The van der Waals surface area contributed by atoms with E-state index in [0.717, 1.165) is 70.9 Å². The van der Waals surface area contributed by atoms with E-state index in [-0.39, 0.29) is 19.3 Å². The van der Waals surface area contributed by atoms with Gasteiger partial charge in [0.05, 0.1) is 0 Å². The molecule has 0 aliphatic heterocycles. The Labute approximate surface area is 505 Å². The van der Waals surface area contributed by atoms with Crippen LogP contribution in [0, 0.1) is 0 Å². The maximum Gasteiger partial charge on any atom is 0.266 e. The second-order valence-electron chi connectivity index (χ2n) is 23.0. The van der Waals surface area contributed by atoms with Crippen molar-refractivity contribution in [1.29, 1.82) is 0 Å². The number of aryl methyl sites for hydroxylation is 3. The van der Waals surface area contributed by atoms with Gasteiger partial charge in [0.2, 0.25) is 0 Å². The van der Waals surface area contributed by atoms with Crippen LogP contribution in [0.4, 0.5) is 26.3 Å². The van der Waals surface area contributed by atoms with Crippen LogP contribution in [0.25, 0.3) is 33.4 Å². The van der Waals surface area contributed by atoms with E-state index < -0.39 is 18.2 Å². The first-order valence-electron chi connectivity index (χ1n) is 32.6. The Bertz CT molecular complexity index is 2630. The molecular weight excluding hydrogens is 1050 g/mol. The van der Waals surface area contributed by atoms with E-state index in [1.165, 1.54) is 207 Å². The van der Waals surface area contributed by atoms with Crippen LogP contribution in [0.5, 0.6) is 0 Å². The molecule has 0 saturated heterocycles. The summed E-state index contributed by atoms with van der Waals surface area (Å²) in [5.41, 5.74) is 13.8. The Morgan fingerprint density at radius 3 is 0.536 bits per heavy atom. The molecule has 0 aliphatic rings. The van der Waals surface area contributed by atoms with Crippen LogP contribution in [0.1, 0.15) is 228 Å². The Balaban J connectivity index is 0.000000270. The van der Waals surface area contributed by atoms with Gasteiger partial charge in [-0.15, -0.1) is 0 Å². The van der Waals surface area contributed by atoms with Gasteiger partial charge >= 0.3 is 0 Å². The number of hydrogen-bond acceptors (Lipinski definition) is 0. The predicted molar refractivity (Wildman–Crippen MR) is 350 cm³/mol. The van der Waals surface area contributed by atoms with Crippen LogP contribution in [-0.4, -0.2) is 0 Å². The summed E-state index contributed by atoms with van der Waals surface area (Å²) in [7, 11) is 0. The fourth-order valence-corrected chi connectivity index (χ4v) is 10.6. The molecule has 0 aliphatic carbocycles. The summed E-state index contributed by atoms with van der Waals surface area (Å²) in [6, 6.07) is 49.9. The zero-order valence-corrected chi connectivity index (χ0v) is 51.7. The first kappa shape index (κ1) is 70.6. The second-order valence-corrected chi connectivity index (χ2v) is 23.0. The molecule has 6 heteroatoms. The van der Waals surface area contributed by atoms with E-state index >= 15 is 0 Å². The number of unbranched alkanes of at least 4 members (excludes halogenated alkanes) is 24. The Hall–Kier alpha value is -5.88. The quantitative estimate of drug-likeness (QED) is 0.0267. The average molecular weight is 1150 g/mol. The third-order valence-corrected chi connectivity index (χ3v) is 15.9. The summed E-state index contributed by atoms with van der Waals surface area (Å²) in [4.78, 5) is 0. The SMILES string of the molecule is CCCCCCCCCCCCc1ccc(-c2ccc(CC=C(F)F)cc2)cc1.CCCCCCCCCCCc1ccc(-c2ccc(CC=C(F)F)cc2)cc1.CCCCCCCCCCc1ccc(-c2ccc(CC=C(F)F)cc2)cc1. The monoisotopic (exact) mass is 1150 g/mol. The topological polar surface area (TPSA) is 0 Å². The Morgan fingerprint density at radius 2 is 0.369 bits per heavy atom. The van der Waals surface area contributed by atoms with Crippen molar-refractivity contribution in [3.05, 3.63) is 215 Å². The van der Waals surface area contributed by atoms with Gasteiger partial charge in [-0.05, 0) is 143 Å². The zero-order valence-electron chi connectivity index (χ0n) is 51.7. The van der Waals surface area contributed by atoms with Crippen LogP contribution < -0.4 is 0 Å². The summed E-state index contributed by atoms with van der Waals surface area (Å²) in [5.74, 6) is 0. The molecule has 0 fully saturated rings. The molecule has 0 N–H and O–H groups in total. The fourth-order valence-electron chi connectivity index (χ4n) is 10.6. The highest BCUT2D eigenvalue weighted by Crippen LogP contribution is 2.26. The molecule has 0 saturated carbocycles. The largest absolute Gasteiger partial charge is 0.266 e. The molecule has 84 heavy (non-hydrogen) atoms. The summed E-state index contributed by atoms with van der Waals surface area (Å²) < 4.78 is 73.0. The molecule has 0 nitrogen and oxygen atoms in total. The van der Waals surface area contributed by atoms with Crippen molar-refractivity contribution < 1.29 is 26.3 Å². The first-order chi connectivity index (χ1) is 41.1. The normalized spacial score (nSPS) is 10.8. The van der Waals surface area contributed by atoms with Crippen molar-refractivity contribution in [3.8, 4) is 33.4 Å². The van der Waals surface area contributed by atoms with E-state index in [1.807, 2.05) is 72.8 Å². The summed E-state index contributed by atoms with van der Waals surface area (Å²) in [6.45, 7) is 6.79. The second kappa shape index (κ2) is 45.5. The van der Waals surface area contributed by atoms with Gasteiger partial charge in [0.25, 0.3) is 18.2 Å². The molecule has 0 bridgehead atoms. The summed E-state index contributed by atoms with van der Waals surface area (Å²) in [5, 5.41) is 0. The Kier molecular flexibility index (Phi) is 38.2. The van der Waals surface area contributed by atoms with Crippen LogP contribution in [0.2, 0.25) is 0 Å². The molecule has 0 atom stereocenters. The highest BCUT2D eigenvalue weighted by molar-refractivity contribution is 5.66. The summed E-state index contributed by atoms with van der Waals surface area (Å²) in [6.07, 6.45) is 39.0. The molecule has 6 aromatic carbocycles. The number of halogens is 6. The highest BCUT2D eigenvalue weighted by atomic mass is 19.3. The van der Waals surface area contributed by atoms with Crippen molar-refractivity contribution in [2.75, 3.05) is 0 Å². The van der Waals surface area contributed by atoms with Gasteiger partial charge in [0.15, 0.2) is 0 Å². The van der Waals surface area contributed by atoms with Crippen LogP contribution >= 0.6 is 0 Å². The van der Waals surface area contributed by atoms with Crippen molar-refractivity contribution in [3.63, 3.8) is 0 Å². The molecule has 0 amide bonds. The van der Waals surface area contributed by atoms with E-state index in [4.69, 9.17) is 0 Å². The zero-order chi connectivity index (χ0) is 60.1. The number of benzene rings is 6. The van der Waals surface area contributed by atoms with E-state index in [0.29, 0.717) is 0 Å². The molecule has 6 aromatic rings. The van der Waals surface area contributed by atoms with Crippen LogP contribution in [-0.2, 0) is 38.5 Å². The van der Waals surface area contributed by atoms with E-state index in [1.54, 1.807) is 0 Å².